The van der Waals surface area contributed by atoms with Gasteiger partial charge >= 0.3 is 5.97 Å². The van der Waals surface area contributed by atoms with E-state index in [9.17, 15) is 19.1 Å². The van der Waals surface area contributed by atoms with Crippen LogP contribution >= 0.6 is 0 Å². The van der Waals surface area contributed by atoms with Crippen molar-refractivity contribution in [1.82, 2.24) is 0 Å². The first-order valence-corrected chi connectivity index (χ1v) is 10.6. The molecule has 33 heavy (non-hydrogen) atoms. The third-order valence-corrected chi connectivity index (χ3v) is 5.21. The van der Waals surface area contributed by atoms with Gasteiger partial charge in [0.25, 0.3) is 0 Å². The minimum atomic E-state index is -0.834. The standard InChI is InChI=1S/C26H26FNO5/c1-3-18(26(30)31)14-17-4-13-24(32-2)19(15-17)16-25(29)28-21-7-11-23(12-8-21)33-22-9-5-20(27)6-10-22/h4-13,15,18H,3,14,16H2,1-2H3,(H,28,29)(H,30,31). The van der Waals surface area contributed by atoms with Crippen LogP contribution in [0.25, 0.3) is 0 Å². The number of carboxylic acid groups (broad SMARTS) is 1. The molecule has 3 aromatic rings. The fraction of sp³-hybridized carbons (Fsp3) is 0.231. The predicted octanol–water partition coefficient (Wildman–Crippen LogP) is 5.46. The van der Waals surface area contributed by atoms with Crippen LogP contribution in [0.2, 0.25) is 0 Å². The number of carbonyl (C=O) groups is 2. The molecular weight excluding hydrogens is 425 g/mol. The summed E-state index contributed by atoms with van der Waals surface area (Å²) in [7, 11) is 1.53. The molecule has 2 N–H and O–H groups in total. The predicted molar refractivity (Wildman–Crippen MR) is 123 cm³/mol. The lowest BCUT2D eigenvalue weighted by molar-refractivity contribution is -0.141. The van der Waals surface area contributed by atoms with Crippen LogP contribution < -0.4 is 14.8 Å². The number of carbonyl (C=O) groups excluding carboxylic acids is 1. The maximum Gasteiger partial charge on any atom is 0.306 e. The van der Waals surface area contributed by atoms with E-state index in [1.54, 1.807) is 30.3 Å². The van der Waals surface area contributed by atoms with Crippen LogP contribution in [0.1, 0.15) is 24.5 Å². The van der Waals surface area contributed by atoms with Gasteiger partial charge in [0.1, 0.15) is 23.1 Å². The van der Waals surface area contributed by atoms with Crippen molar-refractivity contribution in [3.05, 3.63) is 83.7 Å². The van der Waals surface area contributed by atoms with Crippen LogP contribution in [0.5, 0.6) is 17.2 Å². The normalized spacial score (nSPS) is 11.5. The van der Waals surface area contributed by atoms with Gasteiger partial charge in [-0.05, 0) is 73.0 Å². The van der Waals surface area contributed by atoms with Crippen molar-refractivity contribution in [1.29, 1.82) is 0 Å². The maximum atomic E-state index is 13.0. The molecule has 172 valence electrons. The van der Waals surface area contributed by atoms with E-state index in [4.69, 9.17) is 9.47 Å². The number of anilines is 1. The first-order valence-electron chi connectivity index (χ1n) is 10.6. The second-order valence-electron chi connectivity index (χ2n) is 7.60. The summed E-state index contributed by atoms with van der Waals surface area (Å²) in [6, 6.07) is 17.9. The Morgan fingerprint density at radius 1 is 1.00 bits per heavy atom. The molecule has 0 bridgehead atoms. The van der Waals surface area contributed by atoms with E-state index in [2.05, 4.69) is 5.32 Å². The Hall–Kier alpha value is -3.87. The van der Waals surface area contributed by atoms with Crippen molar-refractivity contribution in [2.45, 2.75) is 26.2 Å². The van der Waals surface area contributed by atoms with Crippen molar-refractivity contribution in [3.8, 4) is 17.2 Å². The average Bonchev–Trinajstić information content (AvgIpc) is 2.80. The fourth-order valence-electron chi connectivity index (χ4n) is 3.41. The Bertz CT molecular complexity index is 1100. The third kappa shape index (κ3) is 6.80. The van der Waals surface area contributed by atoms with Gasteiger partial charge in [0, 0.05) is 11.3 Å². The molecule has 1 unspecified atom stereocenters. The van der Waals surface area contributed by atoms with Gasteiger partial charge < -0.3 is 19.9 Å². The molecule has 0 aromatic heterocycles. The zero-order valence-electron chi connectivity index (χ0n) is 18.5. The molecule has 3 rings (SSSR count). The number of ether oxygens (including phenoxy) is 2. The number of rotatable bonds is 10. The molecule has 0 aliphatic carbocycles. The number of nitrogens with one attached hydrogen (secondary N) is 1. The molecule has 1 amide bonds. The third-order valence-electron chi connectivity index (χ3n) is 5.21. The number of carboxylic acids is 1. The van der Waals surface area contributed by atoms with Gasteiger partial charge in [-0.3, -0.25) is 9.59 Å². The second-order valence-corrected chi connectivity index (χ2v) is 7.60. The Morgan fingerprint density at radius 2 is 1.64 bits per heavy atom. The zero-order valence-corrected chi connectivity index (χ0v) is 18.5. The van der Waals surface area contributed by atoms with Crippen molar-refractivity contribution in [2.24, 2.45) is 5.92 Å². The summed E-state index contributed by atoms with van der Waals surface area (Å²) < 4.78 is 24.0. The number of halogens is 1. The molecule has 0 saturated heterocycles. The Kier molecular flexibility index (Phi) is 8.02. The molecule has 1 atom stereocenters. The Balaban J connectivity index is 1.64. The van der Waals surface area contributed by atoms with Gasteiger partial charge in [-0.15, -0.1) is 0 Å². The molecule has 0 aliphatic rings. The summed E-state index contributed by atoms with van der Waals surface area (Å²) in [5.74, 6) is -0.251. The van der Waals surface area contributed by atoms with Gasteiger partial charge in [-0.2, -0.15) is 0 Å². The monoisotopic (exact) mass is 451 g/mol. The van der Waals surface area contributed by atoms with E-state index in [0.29, 0.717) is 41.3 Å². The quantitative estimate of drug-likeness (QED) is 0.428. The van der Waals surface area contributed by atoms with Crippen molar-refractivity contribution in [2.75, 3.05) is 12.4 Å². The van der Waals surface area contributed by atoms with Crippen molar-refractivity contribution < 1.29 is 28.6 Å². The molecule has 0 heterocycles. The lowest BCUT2D eigenvalue weighted by Crippen LogP contribution is -2.17. The number of methoxy groups -OCH3 is 1. The van der Waals surface area contributed by atoms with Crippen LogP contribution in [0, 0.1) is 11.7 Å². The minimum Gasteiger partial charge on any atom is -0.496 e. The van der Waals surface area contributed by atoms with Gasteiger partial charge in [-0.1, -0.05) is 19.1 Å². The summed E-state index contributed by atoms with van der Waals surface area (Å²) in [4.78, 5) is 24.0. The molecule has 0 aliphatic heterocycles. The van der Waals surface area contributed by atoms with E-state index in [0.717, 1.165) is 5.56 Å². The summed E-state index contributed by atoms with van der Waals surface area (Å²) in [6.07, 6.45) is 0.993. The summed E-state index contributed by atoms with van der Waals surface area (Å²) in [6.45, 7) is 1.84. The highest BCUT2D eigenvalue weighted by atomic mass is 19.1. The zero-order chi connectivity index (χ0) is 23.8. The van der Waals surface area contributed by atoms with Crippen LogP contribution in [0.15, 0.2) is 66.7 Å². The highest BCUT2D eigenvalue weighted by Crippen LogP contribution is 2.25. The van der Waals surface area contributed by atoms with E-state index in [1.165, 1.54) is 31.4 Å². The Labute approximate surface area is 192 Å². The van der Waals surface area contributed by atoms with Gasteiger partial charge in [-0.25, -0.2) is 4.39 Å². The minimum absolute atomic E-state index is 0.0781. The van der Waals surface area contributed by atoms with E-state index >= 15 is 0 Å². The maximum absolute atomic E-state index is 13.0. The van der Waals surface area contributed by atoms with Crippen LogP contribution in [0.4, 0.5) is 10.1 Å². The summed E-state index contributed by atoms with van der Waals surface area (Å²) >= 11 is 0. The van der Waals surface area contributed by atoms with Gasteiger partial charge in [0.15, 0.2) is 0 Å². The molecular formula is C26H26FNO5. The molecule has 0 spiro atoms. The van der Waals surface area contributed by atoms with Gasteiger partial charge in [0.05, 0.1) is 19.4 Å². The molecule has 0 fully saturated rings. The SMILES string of the molecule is CCC(Cc1ccc(OC)c(CC(=O)Nc2ccc(Oc3ccc(F)cc3)cc2)c1)C(=O)O. The van der Waals surface area contributed by atoms with E-state index < -0.39 is 11.9 Å². The van der Waals surface area contributed by atoms with Gasteiger partial charge in [0.2, 0.25) is 5.91 Å². The average molecular weight is 451 g/mol. The lowest BCUT2D eigenvalue weighted by atomic mass is 9.95. The molecule has 0 radical (unpaired) electrons. The number of aliphatic carboxylic acids is 1. The highest BCUT2D eigenvalue weighted by molar-refractivity contribution is 5.92. The van der Waals surface area contributed by atoms with Crippen molar-refractivity contribution in [3.63, 3.8) is 0 Å². The summed E-state index contributed by atoms with van der Waals surface area (Å²) in [5.41, 5.74) is 2.12. The van der Waals surface area contributed by atoms with Crippen LogP contribution in [0.3, 0.4) is 0 Å². The summed E-state index contributed by atoms with van der Waals surface area (Å²) in [5, 5.41) is 12.2. The number of hydrogen-bond donors (Lipinski definition) is 2. The van der Waals surface area contributed by atoms with Crippen molar-refractivity contribution >= 4 is 17.6 Å². The van der Waals surface area contributed by atoms with E-state index in [1.807, 2.05) is 19.1 Å². The number of hydrogen-bond acceptors (Lipinski definition) is 4. The van der Waals surface area contributed by atoms with E-state index in [-0.39, 0.29) is 18.1 Å². The van der Waals surface area contributed by atoms with Crippen LogP contribution in [-0.2, 0) is 22.4 Å². The molecule has 3 aromatic carbocycles. The molecule has 7 heteroatoms. The largest absolute Gasteiger partial charge is 0.496 e. The topological polar surface area (TPSA) is 84.9 Å². The number of benzene rings is 3. The molecule has 6 nitrogen and oxygen atoms in total. The first kappa shape index (κ1) is 23.8. The fourth-order valence-corrected chi connectivity index (χ4v) is 3.41. The smallest absolute Gasteiger partial charge is 0.306 e. The highest BCUT2D eigenvalue weighted by Gasteiger charge is 2.17. The lowest BCUT2D eigenvalue weighted by Gasteiger charge is -2.14. The number of amides is 1. The first-order chi connectivity index (χ1) is 15.9. The second kappa shape index (κ2) is 11.1. The molecule has 0 saturated carbocycles. The van der Waals surface area contributed by atoms with Crippen LogP contribution in [-0.4, -0.2) is 24.1 Å². The Morgan fingerprint density at radius 3 is 2.21 bits per heavy atom.